The normalized spacial score (nSPS) is 14.9. The van der Waals surface area contributed by atoms with Gasteiger partial charge in [-0.15, -0.1) is 0 Å². The lowest BCUT2D eigenvalue weighted by Crippen LogP contribution is -2.59. The standard InChI is InChI=1S/C24H36N4O8S/c1-4-13(2)20(23(34)27-18(24(35)36)12-19(30)31)28-22(33)17(9-10-37-3)26-21(32)16(25)11-14-5-7-15(29)8-6-14/h5-8,13,16-18,20,29H,4,9-12,25H2,1-3H3,(H,26,32)(H,27,34)(H,28,33)(H,30,31)(H,35,36). The zero-order chi connectivity index (χ0) is 28.1. The van der Waals surface area contributed by atoms with Crippen LogP contribution in [-0.2, 0) is 30.4 Å². The summed E-state index contributed by atoms with van der Waals surface area (Å²) < 4.78 is 0. The van der Waals surface area contributed by atoms with E-state index in [9.17, 15) is 34.2 Å². The first-order chi connectivity index (χ1) is 17.4. The lowest BCUT2D eigenvalue weighted by Gasteiger charge is -2.28. The Hall–Kier alpha value is -3.32. The molecule has 0 spiro atoms. The third-order valence-electron chi connectivity index (χ3n) is 5.76. The average molecular weight is 541 g/mol. The number of phenols is 1. The molecule has 0 bridgehead atoms. The summed E-state index contributed by atoms with van der Waals surface area (Å²) in [6, 6.07) is 1.38. The highest BCUT2D eigenvalue weighted by molar-refractivity contribution is 7.98. The van der Waals surface area contributed by atoms with Gasteiger partial charge in [0, 0.05) is 0 Å². The minimum atomic E-state index is -1.67. The third kappa shape index (κ3) is 11.1. The van der Waals surface area contributed by atoms with Gasteiger partial charge in [-0.2, -0.15) is 11.8 Å². The molecular formula is C24H36N4O8S. The molecule has 206 valence electrons. The number of aliphatic carboxylic acids is 2. The molecule has 8 N–H and O–H groups in total. The highest BCUT2D eigenvalue weighted by Gasteiger charge is 2.33. The van der Waals surface area contributed by atoms with Crippen LogP contribution in [0.4, 0.5) is 0 Å². The molecule has 0 aromatic heterocycles. The number of benzene rings is 1. The van der Waals surface area contributed by atoms with Gasteiger partial charge in [-0.1, -0.05) is 32.4 Å². The first kappa shape index (κ1) is 31.7. The van der Waals surface area contributed by atoms with Gasteiger partial charge in [0.25, 0.3) is 0 Å². The van der Waals surface area contributed by atoms with Crippen LogP contribution in [0.2, 0.25) is 0 Å². The molecule has 0 radical (unpaired) electrons. The Labute approximate surface area is 219 Å². The quantitative estimate of drug-likeness (QED) is 0.150. The van der Waals surface area contributed by atoms with Gasteiger partial charge >= 0.3 is 11.9 Å². The Balaban J connectivity index is 2.97. The number of aromatic hydroxyl groups is 1. The number of carbonyl (C=O) groups is 5. The largest absolute Gasteiger partial charge is 0.508 e. The summed E-state index contributed by atoms with van der Waals surface area (Å²) >= 11 is 1.45. The molecule has 37 heavy (non-hydrogen) atoms. The number of phenolic OH excluding ortho intramolecular Hbond substituents is 1. The van der Waals surface area contributed by atoms with Crippen LogP contribution in [0.3, 0.4) is 0 Å². The maximum atomic E-state index is 13.1. The summed E-state index contributed by atoms with van der Waals surface area (Å²) in [5.74, 6) is -4.81. The van der Waals surface area contributed by atoms with Crippen LogP contribution in [0.15, 0.2) is 24.3 Å². The van der Waals surface area contributed by atoms with Gasteiger partial charge in [0.15, 0.2) is 0 Å². The number of carbonyl (C=O) groups excluding carboxylic acids is 3. The van der Waals surface area contributed by atoms with E-state index in [0.29, 0.717) is 17.7 Å². The summed E-state index contributed by atoms with van der Waals surface area (Å²) in [4.78, 5) is 61.1. The van der Waals surface area contributed by atoms with Crippen LogP contribution in [0.25, 0.3) is 0 Å². The van der Waals surface area contributed by atoms with E-state index in [2.05, 4.69) is 16.0 Å². The molecule has 3 amide bonds. The average Bonchev–Trinajstić information content (AvgIpc) is 2.84. The monoisotopic (exact) mass is 540 g/mol. The van der Waals surface area contributed by atoms with Gasteiger partial charge in [0.05, 0.1) is 12.5 Å². The SMILES string of the molecule is CCC(C)C(NC(=O)C(CCSC)NC(=O)C(N)Cc1ccc(O)cc1)C(=O)NC(CC(=O)O)C(=O)O. The van der Waals surface area contributed by atoms with E-state index in [1.165, 1.54) is 23.9 Å². The molecule has 1 rings (SSSR count). The van der Waals surface area contributed by atoms with E-state index in [4.69, 9.17) is 10.8 Å². The Bertz CT molecular complexity index is 943. The predicted molar refractivity (Wildman–Crippen MR) is 138 cm³/mol. The van der Waals surface area contributed by atoms with Gasteiger partial charge in [-0.25, -0.2) is 4.79 Å². The molecule has 1 aromatic carbocycles. The Morgan fingerprint density at radius 2 is 1.54 bits per heavy atom. The number of nitrogens with two attached hydrogens (primary N) is 1. The Morgan fingerprint density at radius 1 is 0.946 bits per heavy atom. The number of carboxylic acids is 2. The predicted octanol–water partition coefficient (Wildman–Crippen LogP) is 0.0749. The van der Waals surface area contributed by atoms with Crippen molar-refractivity contribution in [2.45, 2.75) is 63.7 Å². The number of rotatable bonds is 16. The molecule has 13 heteroatoms. The van der Waals surface area contributed by atoms with Crippen LogP contribution in [0.5, 0.6) is 5.75 Å². The Morgan fingerprint density at radius 3 is 2.05 bits per heavy atom. The number of hydrogen-bond donors (Lipinski definition) is 7. The molecule has 0 aliphatic carbocycles. The second-order valence-corrected chi connectivity index (χ2v) is 9.67. The zero-order valence-corrected chi connectivity index (χ0v) is 21.9. The number of carboxylic acid groups (broad SMARTS) is 2. The van der Waals surface area contributed by atoms with Crippen molar-refractivity contribution >= 4 is 41.4 Å². The third-order valence-corrected chi connectivity index (χ3v) is 6.40. The molecule has 5 unspecified atom stereocenters. The Kier molecular flexibility index (Phi) is 13.5. The van der Waals surface area contributed by atoms with E-state index in [1.54, 1.807) is 26.0 Å². The van der Waals surface area contributed by atoms with Crippen molar-refractivity contribution in [3.05, 3.63) is 29.8 Å². The topological polar surface area (TPSA) is 208 Å². The molecule has 0 fully saturated rings. The maximum absolute atomic E-state index is 13.1. The number of hydrogen-bond acceptors (Lipinski definition) is 8. The molecule has 0 saturated heterocycles. The summed E-state index contributed by atoms with van der Waals surface area (Å²) in [6.45, 7) is 3.46. The van der Waals surface area contributed by atoms with Crippen molar-refractivity contribution in [3.8, 4) is 5.75 Å². The van der Waals surface area contributed by atoms with Gasteiger partial charge in [-0.05, 0) is 48.5 Å². The van der Waals surface area contributed by atoms with Crippen molar-refractivity contribution in [1.82, 2.24) is 16.0 Å². The summed E-state index contributed by atoms with van der Waals surface area (Å²) in [5, 5.41) is 35.0. The summed E-state index contributed by atoms with van der Waals surface area (Å²) in [6.07, 6.45) is 1.87. The molecule has 0 aliphatic rings. The van der Waals surface area contributed by atoms with E-state index >= 15 is 0 Å². The minimum absolute atomic E-state index is 0.0770. The van der Waals surface area contributed by atoms with E-state index in [0.717, 1.165) is 0 Å². The first-order valence-electron chi connectivity index (χ1n) is 11.8. The fourth-order valence-corrected chi connectivity index (χ4v) is 3.83. The molecule has 0 saturated carbocycles. The fourth-order valence-electron chi connectivity index (χ4n) is 3.35. The fraction of sp³-hybridized carbons (Fsp3) is 0.542. The van der Waals surface area contributed by atoms with Crippen LogP contribution in [-0.4, -0.2) is 81.2 Å². The lowest BCUT2D eigenvalue weighted by atomic mass is 9.97. The van der Waals surface area contributed by atoms with Crippen molar-refractivity contribution in [1.29, 1.82) is 0 Å². The molecule has 12 nitrogen and oxygen atoms in total. The summed E-state index contributed by atoms with van der Waals surface area (Å²) in [5.41, 5.74) is 6.74. The molecule has 5 atom stereocenters. The van der Waals surface area contributed by atoms with E-state index in [1.807, 2.05) is 6.26 Å². The van der Waals surface area contributed by atoms with Crippen LogP contribution in [0.1, 0.15) is 38.7 Å². The molecular weight excluding hydrogens is 504 g/mol. The van der Waals surface area contributed by atoms with Crippen LogP contribution >= 0.6 is 11.8 Å². The minimum Gasteiger partial charge on any atom is -0.508 e. The van der Waals surface area contributed by atoms with Gasteiger partial charge < -0.3 is 37.0 Å². The highest BCUT2D eigenvalue weighted by atomic mass is 32.2. The summed E-state index contributed by atoms with van der Waals surface area (Å²) in [7, 11) is 0. The lowest BCUT2D eigenvalue weighted by molar-refractivity contribution is -0.147. The van der Waals surface area contributed by atoms with Crippen molar-refractivity contribution in [3.63, 3.8) is 0 Å². The van der Waals surface area contributed by atoms with Gasteiger partial charge in [0.1, 0.15) is 23.9 Å². The smallest absolute Gasteiger partial charge is 0.326 e. The first-order valence-corrected chi connectivity index (χ1v) is 13.2. The highest BCUT2D eigenvalue weighted by Crippen LogP contribution is 2.13. The molecule has 1 aromatic rings. The molecule has 0 heterocycles. The van der Waals surface area contributed by atoms with Gasteiger partial charge in [0.2, 0.25) is 17.7 Å². The second kappa shape index (κ2) is 15.7. The van der Waals surface area contributed by atoms with E-state index in [-0.39, 0.29) is 18.6 Å². The van der Waals surface area contributed by atoms with Crippen LogP contribution < -0.4 is 21.7 Å². The number of thioether (sulfide) groups is 1. The number of amides is 3. The van der Waals surface area contributed by atoms with E-state index < -0.39 is 66.2 Å². The number of nitrogens with one attached hydrogen (secondary N) is 3. The molecule has 0 aliphatic heterocycles. The van der Waals surface area contributed by atoms with Crippen LogP contribution in [0, 0.1) is 5.92 Å². The van der Waals surface area contributed by atoms with Gasteiger partial charge in [-0.3, -0.25) is 19.2 Å². The van der Waals surface area contributed by atoms with Crippen molar-refractivity contribution in [2.75, 3.05) is 12.0 Å². The van der Waals surface area contributed by atoms with Crippen molar-refractivity contribution in [2.24, 2.45) is 11.7 Å². The maximum Gasteiger partial charge on any atom is 0.326 e. The zero-order valence-electron chi connectivity index (χ0n) is 21.1. The van der Waals surface area contributed by atoms with Crippen molar-refractivity contribution < 1.29 is 39.3 Å². The second-order valence-electron chi connectivity index (χ2n) is 8.69.